The quantitative estimate of drug-likeness (QED) is 0.429. The monoisotopic (exact) mass is 413 g/mol. The van der Waals surface area contributed by atoms with Gasteiger partial charge in [0, 0.05) is 29.8 Å². The highest BCUT2D eigenvalue weighted by Crippen LogP contribution is 2.22. The van der Waals surface area contributed by atoms with Crippen LogP contribution in [0.2, 0.25) is 0 Å². The molecule has 0 saturated heterocycles. The first kappa shape index (κ1) is 18.3. The maximum Gasteiger partial charge on any atom is 0.277 e. The summed E-state index contributed by atoms with van der Waals surface area (Å²) in [5.74, 6) is 1.71. The summed E-state index contributed by atoms with van der Waals surface area (Å²) in [5.41, 5.74) is 1.56. The molecule has 1 amide bonds. The molecule has 4 heterocycles. The number of hydrogen-bond donors (Lipinski definition) is 2. The van der Waals surface area contributed by atoms with Crippen LogP contribution < -0.4 is 10.6 Å². The Morgan fingerprint density at radius 3 is 2.52 bits per heavy atom. The molecule has 0 unspecified atom stereocenters. The molecule has 0 radical (unpaired) electrons. The predicted octanol–water partition coefficient (Wildman–Crippen LogP) is 3.91. The number of furan rings is 1. The second-order valence-electron chi connectivity index (χ2n) is 6.44. The molecule has 10 heteroatoms. The molecule has 0 fully saturated rings. The van der Waals surface area contributed by atoms with Crippen LogP contribution in [0.15, 0.2) is 88.3 Å². The van der Waals surface area contributed by atoms with E-state index in [-0.39, 0.29) is 11.6 Å². The highest BCUT2D eigenvalue weighted by Gasteiger charge is 2.15. The van der Waals surface area contributed by atoms with Crippen molar-refractivity contribution in [3.05, 3.63) is 85.0 Å². The molecule has 0 spiro atoms. The first-order chi connectivity index (χ1) is 15.2. The van der Waals surface area contributed by atoms with Crippen LogP contribution in [0.3, 0.4) is 0 Å². The molecule has 0 aliphatic rings. The van der Waals surface area contributed by atoms with Crippen molar-refractivity contribution in [1.29, 1.82) is 0 Å². The second kappa shape index (κ2) is 7.95. The van der Waals surface area contributed by atoms with E-state index in [9.17, 15) is 4.79 Å². The SMILES string of the molecule is O=C(Nc1ccc(Nc2ccc(-n3cccn3)nn2)cc1)c1cc(-c2ccco2)on1. The van der Waals surface area contributed by atoms with E-state index >= 15 is 0 Å². The van der Waals surface area contributed by atoms with Crippen LogP contribution in [0.25, 0.3) is 17.3 Å². The van der Waals surface area contributed by atoms with E-state index in [2.05, 4.69) is 31.1 Å². The molecule has 4 aromatic heterocycles. The Bertz CT molecular complexity index is 1280. The molecule has 0 aliphatic carbocycles. The zero-order valence-electron chi connectivity index (χ0n) is 16.0. The lowest BCUT2D eigenvalue weighted by molar-refractivity contribution is 0.101. The van der Waals surface area contributed by atoms with Gasteiger partial charge in [-0.15, -0.1) is 10.2 Å². The van der Waals surface area contributed by atoms with E-state index in [4.69, 9.17) is 8.94 Å². The zero-order chi connectivity index (χ0) is 21.0. The van der Waals surface area contributed by atoms with Gasteiger partial charge in [0.15, 0.2) is 23.1 Å². The largest absolute Gasteiger partial charge is 0.461 e. The minimum Gasteiger partial charge on any atom is -0.461 e. The van der Waals surface area contributed by atoms with Crippen molar-refractivity contribution >= 4 is 23.1 Å². The molecule has 31 heavy (non-hydrogen) atoms. The summed E-state index contributed by atoms with van der Waals surface area (Å²) in [4.78, 5) is 12.4. The van der Waals surface area contributed by atoms with Crippen LogP contribution in [0, 0.1) is 0 Å². The Balaban J connectivity index is 1.21. The Hall–Kier alpha value is -4.73. The lowest BCUT2D eigenvalue weighted by Crippen LogP contribution is -2.12. The summed E-state index contributed by atoms with van der Waals surface area (Å²) in [5, 5.41) is 22.1. The lowest BCUT2D eigenvalue weighted by Gasteiger charge is -2.07. The summed E-state index contributed by atoms with van der Waals surface area (Å²) < 4.78 is 12.0. The zero-order valence-corrected chi connectivity index (χ0v) is 16.0. The van der Waals surface area contributed by atoms with Crippen molar-refractivity contribution < 1.29 is 13.7 Å². The molecule has 5 aromatic rings. The molecule has 152 valence electrons. The number of carbonyl (C=O) groups is 1. The van der Waals surface area contributed by atoms with Crippen molar-refractivity contribution in [1.82, 2.24) is 25.1 Å². The van der Waals surface area contributed by atoms with Gasteiger partial charge in [-0.2, -0.15) is 5.10 Å². The molecule has 0 bridgehead atoms. The molecule has 0 atom stereocenters. The molecule has 2 N–H and O–H groups in total. The van der Waals surface area contributed by atoms with Gasteiger partial charge in [-0.25, -0.2) is 4.68 Å². The Morgan fingerprint density at radius 1 is 0.935 bits per heavy atom. The summed E-state index contributed by atoms with van der Waals surface area (Å²) >= 11 is 0. The number of hydrogen-bond acceptors (Lipinski definition) is 8. The fraction of sp³-hybridized carbons (Fsp3) is 0. The summed E-state index contributed by atoms with van der Waals surface area (Å²) in [6, 6.07) is 17.6. The van der Waals surface area contributed by atoms with E-state index in [0.717, 1.165) is 5.69 Å². The van der Waals surface area contributed by atoms with E-state index in [1.165, 1.54) is 12.3 Å². The van der Waals surface area contributed by atoms with Crippen molar-refractivity contribution in [3.8, 4) is 17.3 Å². The third-order valence-electron chi connectivity index (χ3n) is 4.31. The maximum absolute atomic E-state index is 12.4. The van der Waals surface area contributed by atoms with Gasteiger partial charge in [0.2, 0.25) is 5.76 Å². The Labute approximate surface area is 175 Å². The molecule has 5 rings (SSSR count). The van der Waals surface area contributed by atoms with Crippen molar-refractivity contribution in [3.63, 3.8) is 0 Å². The fourth-order valence-electron chi connectivity index (χ4n) is 2.82. The minimum atomic E-state index is -0.387. The van der Waals surface area contributed by atoms with Crippen LogP contribution in [-0.4, -0.2) is 31.0 Å². The van der Waals surface area contributed by atoms with Gasteiger partial charge >= 0.3 is 0 Å². The topological polar surface area (TPSA) is 124 Å². The van der Waals surface area contributed by atoms with Crippen LogP contribution in [0.1, 0.15) is 10.5 Å². The Morgan fingerprint density at radius 2 is 1.81 bits per heavy atom. The number of amides is 1. The van der Waals surface area contributed by atoms with Gasteiger partial charge in [-0.3, -0.25) is 4.79 Å². The third-order valence-corrected chi connectivity index (χ3v) is 4.31. The van der Waals surface area contributed by atoms with E-state index in [1.807, 2.05) is 24.3 Å². The van der Waals surface area contributed by atoms with Gasteiger partial charge in [0.25, 0.3) is 5.91 Å². The highest BCUT2D eigenvalue weighted by atomic mass is 16.5. The van der Waals surface area contributed by atoms with Crippen molar-refractivity contribution in [2.75, 3.05) is 10.6 Å². The lowest BCUT2D eigenvalue weighted by atomic mass is 10.2. The Kier molecular flexibility index (Phi) is 4.70. The number of carbonyl (C=O) groups excluding carboxylic acids is 1. The van der Waals surface area contributed by atoms with Gasteiger partial charge in [0.1, 0.15) is 0 Å². The first-order valence-corrected chi connectivity index (χ1v) is 9.27. The number of rotatable bonds is 6. The van der Waals surface area contributed by atoms with Crippen LogP contribution >= 0.6 is 0 Å². The summed E-state index contributed by atoms with van der Waals surface area (Å²) in [7, 11) is 0. The highest BCUT2D eigenvalue weighted by molar-refractivity contribution is 6.03. The van der Waals surface area contributed by atoms with Crippen molar-refractivity contribution in [2.24, 2.45) is 0 Å². The smallest absolute Gasteiger partial charge is 0.277 e. The third kappa shape index (κ3) is 4.03. The number of nitrogens with one attached hydrogen (secondary N) is 2. The number of nitrogens with zero attached hydrogens (tertiary/aromatic N) is 5. The maximum atomic E-state index is 12.4. The van der Waals surface area contributed by atoms with E-state index < -0.39 is 0 Å². The van der Waals surface area contributed by atoms with Crippen LogP contribution in [0.5, 0.6) is 0 Å². The minimum absolute atomic E-state index is 0.154. The van der Waals surface area contributed by atoms with Crippen LogP contribution in [0.4, 0.5) is 17.2 Å². The second-order valence-corrected chi connectivity index (χ2v) is 6.44. The molecular weight excluding hydrogens is 398 g/mol. The molecular formula is C21H15N7O3. The molecule has 10 nitrogen and oxygen atoms in total. The normalized spacial score (nSPS) is 10.7. The summed E-state index contributed by atoms with van der Waals surface area (Å²) in [6.45, 7) is 0. The van der Waals surface area contributed by atoms with Gasteiger partial charge < -0.3 is 19.6 Å². The summed E-state index contributed by atoms with van der Waals surface area (Å²) in [6.07, 6.45) is 4.99. The van der Waals surface area contributed by atoms with Gasteiger partial charge in [0.05, 0.1) is 6.26 Å². The average molecular weight is 413 g/mol. The molecule has 1 aromatic carbocycles. The predicted molar refractivity (Wildman–Crippen MR) is 111 cm³/mol. The first-order valence-electron chi connectivity index (χ1n) is 9.27. The molecule has 0 aliphatic heterocycles. The van der Waals surface area contributed by atoms with Gasteiger partial charge in [-0.05, 0) is 54.6 Å². The number of anilines is 3. The fourth-order valence-corrected chi connectivity index (χ4v) is 2.82. The number of benzene rings is 1. The molecule has 0 saturated carbocycles. The van der Waals surface area contributed by atoms with E-state index in [0.29, 0.717) is 28.8 Å². The standard InChI is InChI=1S/C21H15N7O3/c29-21(16-13-18(31-27-16)17-3-1-12-30-17)24-15-6-4-14(5-7-15)23-19-8-9-20(26-25-19)28-11-2-10-22-28/h1-13H,(H,23,25)(H,24,29). The van der Waals surface area contributed by atoms with Crippen LogP contribution in [-0.2, 0) is 0 Å². The van der Waals surface area contributed by atoms with Crippen molar-refractivity contribution in [2.45, 2.75) is 0 Å². The number of aromatic nitrogens is 5. The van der Waals surface area contributed by atoms with E-state index in [1.54, 1.807) is 47.4 Å². The van der Waals surface area contributed by atoms with Gasteiger partial charge in [-0.1, -0.05) is 5.16 Å². The average Bonchev–Trinajstić information content (AvgIpc) is 3.58.